The summed E-state index contributed by atoms with van der Waals surface area (Å²) in [7, 11) is 0. The summed E-state index contributed by atoms with van der Waals surface area (Å²) >= 11 is 5.52. The third kappa shape index (κ3) is 1.54. The van der Waals surface area contributed by atoms with Gasteiger partial charge in [-0.1, -0.05) is 12.1 Å². The summed E-state index contributed by atoms with van der Waals surface area (Å²) in [4.78, 5) is 0. The van der Waals surface area contributed by atoms with Crippen LogP contribution in [-0.2, 0) is 5.88 Å². The second-order valence-corrected chi connectivity index (χ2v) is 2.88. The SMILES string of the molecule is Cc1ccc(CCl)c(F)c1C. The Balaban J connectivity index is 3.25. The van der Waals surface area contributed by atoms with Gasteiger partial charge in [-0.25, -0.2) is 4.39 Å². The maximum Gasteiger partial charge on any atom is 0.130 e. The average Bonchev–Trinajstić information content (AvgIpc) is 2.01. The van der Waals surface area contributed by atoms with Crippen LogP contribution in [0, 0.1) is 19.7 Å². The Morgan fingerprint density at radius 3 is 2.55 bits per heavy atom. The first-order chi connectivity index (χ1) is 5.16. The molecule has 0 N–H and O–H groups in total. The molecule has 1 rings (SSSR count). The van der Waals surface area contributed by atoms with E-state index in [1.165, 1.54) is 0 Å². The van der Waals surface area contributed by atoms with Crippen LogP contribution in [0.5, 0.6) is 0 Å². The molecular formula is C9H10ClF. The van der Waals surface area contributed by atoms with Gasteiger partial charge in [0.25, 0.3) is 0 Å². The summed E-state index contributed by atoms with van der Waals surface area (Å²) in [5.41, 5.74) is 2.24. The van der Waals surface area contributed by atoms with Gasteiger partial charge in [0, 0.05) is 5.56 Å². The van der Waals surface area contributed by atoms with E-state index in [4.69, 9.17) is 11.6 Å². The smallest absolute Gasteiger partial charge is 0.130 e. The van der Waals surface area contributed by atoms with Gasteiger partial charge in [-0.05, 0) is 25.0 Å². The van der Waals surface area contributed by atoms with Gasteiger partial charge in [0.1, 0.15) is 5.82 Å². The van der Waals surface area contributed by atoms with E-state index in [1.54, 1.807) is 13.0 Å². The standard InChI is InChI=1S/C9H10ClF/c1-6-3-4-8(5-10)9(11)7(6)2/h3-4H,5H2,1-2H3. The molecule has 0 bridgehead atoms. The van der Waals surface area contributed by atoms with E-state index >= 15 is 0 Å². The maximum atomic E-state index is 13.2. The molecule has 0 aliphatic rings. The van der Waals surface area contributed by atoms with Gasteiger partial charge in [0.2, 0.25) is 0 Å². The van der Waals surface area contributed by atoms with Crippen LogP contribution in [0.1, 0.15) is 16.7 Å². The van der Waals surface area contributed by atoms with E-state index in [2.05, 4.69) is 0 Å². The van der Waals surface area contributed by atoms with E-state index in [-0.39, 0.29) is 11.7 Å². The van der Waals surface area contributed by atoms with Crippen LogP contribution in [0.4, 0.5) is 4.39 Å². The van der Waals surface area contributed by atoms with Crippen molar-refractivity contribution in [3.8, 4) is 0 Å². The zero-order valence-electron chi connectivity index (χ0n) is 6.62. The summed E-state index contributed by atoms with van der Waals surface area (Å²) in [5, 5.41) is 0. The van der Waals surface area contributed by atoms with Crippen LogP contribution < -0.4 is 0 Å². The highest BCUT2D eigenvalue weighted by molar-refractivity contribution is 6.17. The summed E-state index contributed by atoms with van der Waals surface area (Å²) in [6.07, 6.45) is 0. The van der Waals surface area contributed by atoms with Gasteiger partial charge in [-0.3, -0.25) is 0 Å². The van der Waals surface area contributed by atoms with Gasteiger partial charge in [-0.2, -0.15) is 0 Å². The van der Waals surface area contributed by atoms with E-state index in [1.807, 2.05) is 13.0 Å². The molecule has 11 heavy (non-hydrogen) atoms. The van der Waals surface area contributed by atoms with E-state index in [9.17, 15) is 4.39 Å². The molecule has 0 fully saturated rings. The zero-order chi connectivity index (χ0) is 8.43. The Labute approximate surface area is 71.0 Å². The number of alkyl halides is 1. The molecule has 0 aromatic heterocycles. The molecule has 1 aromatic rings. The lowest BCUT2D eigenvalue weighted by Gasteiger charge is -2.04. The minimum atomic E-state index is -0.167. The molecule has 2 heteroatoms. The lowest BCUT2D eigenvalue weighted by atomic mass is 10.1. The minimum absolute atomic E-state index is 0.167. The van der Waals surface area contributed by atoms with Gasteiger partial charge in [0.05, 0.1) is 5.88 Å². The van der Waals surface area contributed by atoms with Crippen molar-refractivity contribution in [3.63, 3.8) is 0 Å². The van der Waals surface area contributed by atoms with Crippen molar-refractivity contribution in [1.82, 2.24) is 0 Å². The normalized spacial score (nSPS) is 10.2. The number of aryl methyl sites for hydroxylation is 1. The van der Waals surface area contributed by atoms with Crippen LogP contribution in [0.15, 0.2) is 12.1 Å². The Morgan fingerprint density at radius 2 is 2.00 bits per heavy atom. The Bertz CT molecular complexity index is 269. The van der Waals surface area contributed by atoms with Crippen molar-refractivity contribution in [2.45, 2.75) is 19.7 Å². The fourth-order valence-electron chi connectivity index (χ4n) is 0.941. The number of hydrogen-bond donors (Lipinski definition) is 0. The first-order valence-corrected chi connectivity index (χ1v) is 4.01. The summed E-state index contributed by atoms with van der Waals surface area (Å²) in [6, 6.07) is 3.61. The van der Waals surface area contributed by atoms with E-state index in [0.717, 1.165) is 5.56 Å². The summed E-state index contributed by atoms with van der Waals surface area (Å²) in [5.74, 6) is 0.0763. The van der Waals surface area contributed by atoms with E-state index < -0.39 is 0 Å². The monoisotopic (exact) mass is 172 g/mol. The fraction of sp³-hybridized carbons (Fsp3) is 0.333. The first-order valence-electron chi connectivity index (χ1n) is 3.47. The lowest BCUT2D eigenvalue weighted by molar-refractivity contribution is 0.606. The molecule has 0 radical (unpaired) electrons. The van der Waals surface area contributed by atoms with Gasteiger partial charge >= 0.3 is 0 Å². The van der Waals surface area contributed by atoms with Crippen LogP contribution in [0.2, 0.25) is 0 Å². The average molecular weight is 173 g/mol. The Kier molecular flexibility index (Phi) is 2.50. The van der Waals surface area contributed by atoms with E-state index in [0.29, 0.717) is 11.1 Å². The molecule has 0 heterocycles. The van der Waals surface area contributed by atoms with Crippen molar-refractivity contribution in [2.24, 2.45) is 0 Å². The molecule has 0 saturated carbocycles. The van der Waals surface area contributed by atoms with Crippen molar-refractivity contribution in [2.75, 3.05) is 0 Å². The molecule has 0 saturated heterocycles. The van der Waals surface area contributed by atoms with Crippen LogP contribution in [0.25, 0.3) is 0 Å². The highest BCUT2D eigenvalue weighted by Crippen LogP contribution is 2.17. The molecule has 0 spiro atoms. The van der Waals surface area contributed by atoms with Crippen LogP contribution in [-0.4, -0.2) is 0 Å². The number of rotatable bonds is 1. The third-order valence-electron chi connectivity index (χ3n) is 1.88. The first kappa shape index (κ1) is 8.54. The molecule has 1 aromatic carbocycles. The van der Waals surface area contributed by atoms with Crippen molar-refractivity contribution < 1.29 is 4.39 Å². The third-order valence-corrected chi connectivity index (χ3v) is 2.17. The molecular weight excluding hydrogens is 163 g/mol. The fourth-order valence-corrected chi connectivity index (χ4v) is 1.15. The number of hydrogen-bond acceptors (Lipinski definition) is 0. The second-order valence-electron chi connectivity index (χ2n) is 2.61. The minimum Gasteiger partial charge on any atom is -0.206 e. The zero-order valence-corrected chi connectivity index (χ0v) is 7.37. The van der Waals surface area contributed by atoms with Crippen molar-refractivity contribution >= 4 is 11.6 Å². The highest BCUT2D eigenvalue weighted by Gasteiger charge is 2.05. The predicted octanol–water partition coefficient (Wildman–Crippen LogP) is 3.18. The second kappa shape index (κ2) is 3.22. The molecule has 0 aliphatic heterocycles. The number of benzene rings is 1. The molecule has 60 valence electrons. The van der Waals surface area contributed by atoms with Crippen molar-refractivity contribution in [1.29, 1.82) is 0 Å². The van der Waals surface area contributed by atoms with Crippen LogP contribution in [0.3, 0.4) is 0 Å². The van der Waals surface area contributed by atoms with Crippen molar-refractivity contribution in [3.05, 3.63) is 34.6 Å². The summed E-state index contributed by atoms with van der Waals surface area (Å²) < 4.78 is 13.2. The Hall–Kier alpha value is -0.560. The van der Waals surface area contributed by atoms with Crippen LogP contribution >= 0.6 is 11.6 Å². The van der Waals surface area contributed by atoms with Gasteiger partial charge in [0.15, 0.2) is 0 Å². The molecule has 0 atom stereocenters. The molecule has 0 amide bonds. The summed E-state index contributed by atoms with van der Waals surface area (Å²) in [6.45, 7) is 3.65. The van der Waals surface area contributed by atoms with Gasteiger partial charge in [-0.15, -0.1) is 11.6 Å². The largest absolute Gasteiger partial charge is 0.206 e. The predicted molar refractivity (Wildman–Crippen MR) is 45.4 cm³/mol. The lowest BCUT2D eigenvalue weighted by Crippen LogP contribution is -1.92. The maximum absolute atomic E-state index is 13.2. The molecule has 0 aliphatic carbocycles. The topological polar surface area (TPSA) is 0 Å². The number of halogens is 2. The molecule has 0 unspecified atom stereocenters. The van der Waals surface area contributed by atoms with Gasteiger partial charge < -0.3 is 0 Å². The Morgan fingerprint density at radius 1 is 1.36 bits per heavy atom. The quantitative estimate of drug-likeness (QED) is 0.571. The molecule has 0 nitrogen and oxygen atoms in total. The highest BCUT2D eigenvalue weighted by atomic mass is 35.5.